The number of hydrogen-bond donors (Lipinski definition) is 4. The summed E-state index contributed by atoms with van der Waals surface area (Å²) in [5, 5.41) is 19.0. The van der Waals surface area contributed by atoms with Crippen LogP contribution in [0.1, 0.15) is 20.7 Å². The van der Waals surface area contributed by atoms with Gasteiger partial charge in [0.2, 0.25) is 0 Å². The van der Waals surface area contributed by atoms with Crippen molar-refractivity contribution in [2.45, 2.75) is 0 Å². The third kappa shape index (κ3) is 3.28. The minimum Gasteiger partial charge on any atom is -0.478 e. The number of rotatable bonds is 5. The van der Waals surface area contributed by atoms with Crippen LogP contribution in [-0.4, -0.2) is 27.1 Å². The van der Waals surface area contributed by atoms with Gasteiger partial charge in [0, 0.05) is 11.1 Å². The van der Waals surface area contributed by atoms with Gasteiger partial charge in [-0.2, -0.15) is 0 Å². The van der Waals surface area contributed by atoms with E-state index in [0.717, 1.165) is 6.07 Å². The van der Waals surface area contributed by atoms with Gasteiger partial charge in [0.1, 0.15) is 22.7 Å². The Balaban J connectivity index is 2.34. The monoisotopic (exact) mass is 384 g/mol. The van der Waals surface area contributed by atoms with E-state index >= 15 is 0 Å². The van der Waals surface area contributed by atoms with Crippen LogP contribution >= 0.6 is 0 Å². The largest absolute Gasteiger partial charge is 0.478 e. The van der Waals surface area contributed by atoms with Crippen LogP contribution in [0.15, 0.2) is 53.3 Å². The minimum absolute atomic E-state index is 0.0432. The molecule has 0 amide bonds. The zero-order valence-corrected chi connectivity index (χ0v) is 14.1. The number of nitrogens with two attached hydrogens (primary N) is 1. The van der Waals surface area contributed by atoms with Crippen LogP contribution in [0.5, 0.6) is 11.5 Å². The highest BCUT2D eigenvalue weighted by molar-refractivity contribution is 6.08. The molecule has 0 aliphatic rings. The third-order valence-corrected chi connectivity index (χ3v) is 3.89. The molecule has 0 saturated heterocycles. The molecular formula is C19H13FN2O6. The summed E-state index contributed by atoms with van der Waals surface area (Å²) in [5.74, 6) is -4.62. The van der Waals surface area contributed by atoms with Gasteiger partial charge in [-0.05, 0) is 18.2 Å². The molecule has 0 aliphatic heterocycles. The Kier molecular flexibility index (Phi) is 4.82. The molecule has 9 heteroatoms. The molecule has 142 valence electrons. The lowest BCUT2D eigenvalue weighted by Gasteiger charge is -2.16. The van der Waals surface area contributed by atoms with Crippen molar-refractivity contribution < 1.29 is 28.9 Å². The van der Waals surface area contributed by atoms with Gasteiger partial charge < -0.3 is 25.7 Å². The minimum atomic E-state index is -1.65. The number of nitrogen functional groups attached to an aromatic ring is 1. The normalized spacial score (nSPS) is 10.5. The molecule has 0 radical (unpaired) electrons. The van der Waals surface area contributed by atoms with E-state index in [-0.39, 0.29) is 17.1 Å². The summed E-state index contributed by atoms with van der Waals surface area (Å²) in [4.78, 5) is 37.6. The molecule has 0 saturated carbocycles. The topological polar surface area (TPSA) is 143 Å². The quantitative estimate of drug-likeness (QED) is 0.529. The van der Waals surface area contributed by atoms with Crippen molar-refractivity contribution in [3.05, 3.63) is 75.8 Å². The molecule has 8 nitrogen and oxygen atoms in total. The summed E-state index contributed by atoms with van der Waals surface area (Å²) >= 11 is 0. The van der Waals surface area contributed by atoms with Crippen LogP contribution in [0.25, 0.3) is 11.1 Å². The van der Waals surface area contributed by atoms with Crippen molar-refractivity contribution in [3.63, 3.8) is 0 Å². The molecular weight excluding hydrogens is 371 g/mol. The summed E-state index contributed by atoms with van der Waals surface area (Å²) in [6.45, 7) is 0. The molecule has 0 unspecified atom stereocenters. The number of pyridine rings is 1. The molecule has 0 spiro atoms. The smallest absolute Gasteiger partial charge is 0.342 e. The second kappa shape index (κ2) is 7.23. The number of carboxylic acids is 2. The van der Waals surface area contributed by atoms with Crippen molar-refractivity contribution in [1.29, 1.82) is 0 Å². The maximum atomic E-state index is 14.0. The van der Waals surface area contributed by atoms with E-state index in [1.54, 1.807) is 0 Å². The molecule has 1 heterocycles. The number of H-pyrrole nitrogens is 1. The second-order valence-electron chi connectivity index (χ2n) is 5.63. The standard InChI is InChI=1S/C19H13FN2O6/c20-10-6-2-4-8-12(10)28-11-7-3-1-5-9(11)13-14(18(24)25)16(21)22-17(23)15(13)19(26)27/h1-8H,(H,24,25)(H,26,27)(H3,21,22,23). The molecule has 28 heavy (non-hydrogen) atoms. The van der Waals surface area contributed by atoms with E-state index in [1.165, 1.54) is 42.5 Å². The Morgan fingerprint density at radius 3 is 2.11 bits per heavy atom. The van der Waals surface area contributed by atoms with Crippen LogP contribution in [0.2, 0.25) is 0 Å². The Morgan fingerprint density at radius 1 is 0.929 bits per heavy atom. The number of nitrogens with one attached hydrogen (secondary N) is 1. The van der Waals surface area contributed by atoms with E-state index in [0.29, 0.717) is 0 Å². The first-order valence-electron chi connectivity index (χ1n) is 7.85. The molecule has 0 atom stereocenters. The fraction of sp³-hybridized carbons (Fsp3) is 0. The molecule has 0 aliphatic carbocycles. The van der Waals surface area contributed by atoms with Crippen molar-refractivity contribution >= 4 is 17.8 Å². The number of aromatic nitrogens is 1. The number of halogens is 1. The summed E-state index contributed by atoms with van der Waals surface area (Å²) in [7, 11) is 0. The second-order valence-corrected chi connectivity index (χ2v) is 5.63. The Bertz CT molecular complexity index is 1160. The lowest BCUT2D eigenvalue weighted by atomic mass is 9.94. The molecule has 0 fully saturated rings. The van der Waals surface area contributed by atoms with Gasteiger partial charge in [0.15, 0.2) is 11.6 Å². The molecule has 3 rings (SSSR count). The van der Waals surface area contributed by atoms with Crippen LogP contribution < -0.4 is 16.0 Å². The van der Waals surface area contributed by atoms with Crippen molar-refractivity contribution in [2.75, 3.05) is 5.73 Å². The van der Waals surface area contributed by atoms with E-state index in [1.807, 2.05) is 4.98 Å². The predicted molar refractivity (Wildman–Crippen MR) is 97.3 cm³/mol. The van der Waals surface area contributed by atoms with Gasteiger partial charge >= 0.3 is 11.9 Å². The fourth-order valence-electron chi connectivity index (χ4n) is 2.72. The lowest BCUT2D eigenvalue weighted by Crippen LogP contribution is -2.24. The van der Waals surface area contributed by atoms with Crippen molar-refractivity contribution in [2.24, 2.45) is 0 Å². The summed E-state index contributed by atoms with van der Waals surface area (Å²) in [6.07, 6.45) is 0. The number of benzene rings is 2. The number of para-hydroxylation sites is 2. The van der Waals surface area contributed by atoms with Crippen LogP contribution in [0.3, 0.4) is 0 Å². The number of carboxylic acid groups (broad SMARTS) is 2. The average molecular weight is 384 g/mol. The number of carbonyl (C=O) groups is 2. The molecule has 1 aromatic heterocycles. The van der Waals surface area contributed by atoms with Gasteiger partial charge in [-0.3, -0.25) is 4.79 Å². The Labute approximate surface area is 156 Å². The number of anilines is 1. The number of aromatic amines is 1. The highest BCUT2D eigenvalue weighted by atomic mass is 19.1. The van der Waals surface area contributed by atoms with Crippen molar-refractivity contribution in [3.8, 4) is 22.6 Å². The zero-order valence-electron chi connectivity index (χ0n) is 14.1. The Morgan fingerprint density at radius 2 is 1.50 bits per heavy atom. The van der Waals surface area contributed by atoms with E-state index < -0.39 is 45.8 Å². The Hall–Kier alpha value is -4.14. The van der Waals surface area contributed by atoms with Gasteiger partial charge in [0.05, 0.1) is 0 Å². The van der Waals surface area contributed by atoms with E-state index in [4.69, 9.17) is 10.5 Å². The van der Waals surface area contributed by atoms with Gasteiger partial charge in [-0.1, -0.05) is 30.3 Å². The van der Waals surface area contributed by atoms with Crippen LogP contribution in [0.4, 0.5) is 10.2 Å². The molecule has 5 N–H and O–H groups in total. The first kappa shape index (κ1) is 18.6. The van der Waals surface area contributed by atoms with Crippen LogP contribution in [0, 0.1) is 5.82 Å². The highest BCUT2D eigenvalue weighted by Crippen LogP contribution is 2.38. The SMILES string of the molecule is Nc1[nH]c(=O)c(C(=O)O)c(-c2ccccc2Oc2ccccc2F)c1C(=O)O. The van der Waals surface area contributed by atoms with Crippen molar-refractivity contribution in [1.82, 2.24) is 4.98 Å². The van der Waals surface area contributed by atoms with Gasteiger partial charge in [-0.25, -0.2) is 14.0 Å². The summed E-state index contributed by atoms with van der Waals surface area (Å²) in [5.41, 5.74) is 2.64. The number of hydrogen-bond acceptors (Lipinski definition) is 5. The first-order valence-corrected chi connectivity index (χ1v) is 7.85. The maximum Gasteiger partial charge on any atom is 0.342 e. The molecule has 3 aromatic rings. The summed E-state index contributed by atoms with van der Waals surface area (Å²) in [6, 6.07) is 11.2. The number of aromatic carboxylic acids is 2. The summed E-state index contributed by atoms with van der Waals surface area (Å²) < 4.78 is 19.5. The third-order valence-electron chi connectivity index (χ3n) is 3.89. The molecule has 0 bridgehead atoms. The number of ether oxygens (including phenoxy) is 1. The van der Waals surface area contributed by atoms with Crippen LogP contribution in [-0.2, 0) is 0 Å². The van der Waals surface area contributed by atoms with E-state index in [9.17, 15) is 29.0 Å². The maximum absolute atomic E-state index is 14.0. The molecule has 2 aromatic carbocycles. The highest BCUT2D eigenvalue weighted by Gasteiger charge is 2.28. The fourth-order valence-corrected chi connectivity index (χ4v) is 2.72. The average Bonchev–Trinajstić information content (AvgIpc) is 2.62. The van der Waals surface area contributed by atoms with Gasteiger partial charge in [0.25, 0.3) is 5.56 Å². The van der Waals surface area contributed by atoms with E-state index in [2.05, 4.69) is 0 Å². The first-order chi connectivity index (χ1) is 13.3. The predicted octanol–water partition coefficient (Wildman–Crippen LogP) is 2.95. The van der Waals surface area contributed by atoms with Gasteiger partial charge in [-0.15, -0.1) is 0 Å². The zero-order chi connectivity index (χ0) is 20.4. The lowest BCUT2D eigenvalue weighted by molar-refractivity contribution is 0.0695.